The Balaban J connectivity index is 1.88. The lowest BCUT2D eigenvalue weighted by molar-refractivity contribution is 0.113. The molecule has 2 aliphatic rings. The number of halogens is 1. The Morgan fingerprint density at radius 1 is 1.05 bits per heavy atom. The molecule has 1 aliphatic heterocycles. The van der Waals surface area contributed by atoms with E-state index in [1.807, 2.05) is 12.1 Å². The first-order valence-electron chi connectivity index (χ1n) is 7.97. The minimum Gasteiger partial charge on any atom is -0.506 e. The molecular formula is C19H20ClNO. The summed E-state index contributed by atoms with van der Waals surface area (Å²) in [5.74, 6) is 0.185. The predicted molar refractivity (Wildman–Crippen MR) is 90.2 cm³/mol. The van der Waals surface area contributed by atoms with E-state index in [0.29, 0.717) is 11.1 Å². The van der Waals surface area contributed by atoms with Crippen LogP contribution < -0.4 is 0 Å². The van der Waals surface area contributed by atoms with Crippen molar-refractivity contribution in [1.29, 1.82) is 0 Å². The van der Waals surface area contributed by atoms with Gasteiger partial charge in [-0.2, -0.15) is 0 Å². The second kappa shape index (κ2) is 5.29. The van der Waals surface area contributed by atoms with Crippen molar-refractivity contribution in [3.8, 4) is 16.9 Å². The number of phenolic OH excluding ortho intramolecular Hbond substituents is 1. The number of aryl methyl sites for hydroxylation is 1. The molecule has 0 saturated heterocycles. The molecule has 2 aromatic carbocycles. The summed E-state index contributed by atoms with van der Waals surface area (Å²) in [6, 6.07) is 11.1. The summed E-state index contributed by atoms with van der Waals surface area (Å²) in [5, 5.41) is 10.4. The number of rotatable bonds is 1. The van der Waals surface area contributed by atoms with Crippen molar-refractivity contribution in [1.82, 2.24) is 4.90 Å². The maximum atomic E-state index is 10.0. The fourth-order valence-electron chi connectivity index (χ4n) is 3.61. The zero-order chi connectivity index (χ0) is 15.3. The Morgan fingerprint density at radius 3 is 2.45 bits per heavy atom. The number of fused-ring (bicyclic) bond motifs is 3. The molecular weight excluding hydrogens is 294 g/mol. The van der Waals surface area contributed by atoms with Gasteiger partial charge in [-0.15, -0.1) is 0 Å². The third kappa shape index (κ3) is 2.31. The normalized spacial score (nSPS) is 18.3. The zero-order valence-electron chi connectivity index (χ0n) is 12.8. The molecule has 1 N–H and O–H groups in total. The molecule has 1 fully saturated rings. The number of phenols is 1. The lowest BCUT2D eigenvalue weighted by Gasteiger charge is -2.37. The van der Waals surface area contributed by atoms with Crippen LogP contribution in [-0.4, -0.2) is 16.0 Å². The van der Waals surface area contributed by atoms with Crippen molar-refractivity contribution < 1.29 is 5.11 Å². The molecule has 0 amide bonds. The number of hydrogen-bond donors (Lipinski definition) is 1. The number of nitrogens with zero attached hydrogens (tertiary/aromatic N) is 1. The summed E-state index contributed by atoms with van der Waals surface area (Å²) in [7, 11) is 0. The minimum atomic E-state index is 0.185. The van der Waals surface area contributed by atoms with Gasteiger partial charge < -0.3 is 5.11 Å². The predicted octanol–water partition coefficient (Wildman–Crippen LogP) is 4.89. The van der Waals surface area contributed by atoms with Crippen LogP contribution >= 0.6 is 11.6 Å². The van der Waals surface area contributed by atoms with E-state index in [2.05, 4.69) is 30.0 Å². The van der Waals surface area contributed by atoms with Gasteiger partial charge in [-0.3, -0.25) is 4.90 Å². The number of hydrogen-bond acceptors (Lipinski definition) is 2. The Labute approximate surface area is 136 Å². The van der Waals surface area contributed by atoms with Crippen LogP contribution in [0.2, 0.25) is 5.02 Å². The van der Waals surface area contributed by atoms with Crippen LogP contribution in [0.5, 0.6) is 5.75 Å². The largest absolute Gasteiger partial charge is 0.506 e. The summed E-state index contributed by atoms with van der Waals surface area (Å²) in [5.41, 5.74) is 6.26. The molecule has 2 aromatic rings. The molecule has 0 spiro atoms. The molecule has 0 unspecified atom stereocenters. The van der Waals surface area contributed by atoms with Crippen LogP contribution in [0, 0.1) is 6.92 Å². The second-order valence-electron chi connectivity index (χ2n) is 6.61. The van der Waals surface area contributed by atoms with Crippen molar-refractivity contribution in [2.24, 2.45) is 0 Å². The SMILES string of the molecule is Cc1ccc2c(c1)CN(C1CCC1)Cc1cc(O)c(Cl)cc1-2. The quantitative estimate of drug-likeness (QED) is 0.810. The second-order valence-corrected chi connectivity index (χ2v) is 7.02. The highest BCUT2D eigenvalue weighted by atomic mass is 35.5. The van der Waals surface area contributed by atoms with E-state index in [1.165, 1.54) is 47.1 Å². The fourth-order valence-corrected chi connectivity index (χ4v) is 3.77. The monoisotopic (exact) mass is 313 g/mol. The van der Waals surface area contributed by atoms with E-state index in [9.17, 15) is 5.11 Å². The molecule has 1 saturated carbocycles. The molecule has 0 atom stereocenters. The van der Waals surface area contributed by atoms with Crippen molar-refractivity contribution in [2.45, 2.75) is 45.3 Å². The van der Waals surface area contributed by atoms with Gasteiger partial charge in [0.05, 0.1) is 5.02 Å². The molecule has 4 rings (SSSR count). The summed E-state index contributed by atoms with van der Waals surface area (Å²) >= 11 is 6.17. The molecule has 2 nitrogen and oxygen atoms in total. The van der Waals surface area contributed by atoms with Gasteiger partial charge in [-0.05, 0) is 54.2 Å². The van der Waals surface area contributed by atoms with Crippen molar-refractivity contribution in [2.75, 3.05) is 0 Å². The average molecular weight is 314 g/mol. The first-order valence-corrected chi connectivity index (χ1v) is 8.35. The lowest BCUT2D eigenvalue weighted by atomic mass is 9.91. The highest BCUT2D eigenvalue weighted by Gasteiger charge is 2.29. The smallest absolute Gasteiger partial charge is 0.134 e. The third-order valence-corrected chi connectivity index (χ3v) is 5.36. The molecule has 3 heteroatoms. The summed E-state index contributed by atoms with van der Waals surface area (Å²) in [4.78, 5) is 2.56. The zero-order valence-corrected chi connectivity index (χ0v) is 13.5. The Bertz CT molecular complexity index is 736. The molecule has 0 bridgehead atoms. The van der Waals surface area contributed by atoms with E-state index >= 15 is 0 Å². The lowest BCUT2D eigenvalue weighted by Crippen LogP contribution is -2.38. The first-order chi connectivity index (χ1) is 10.6. The molecule has 0 radical (unpaired) electrons. The summed E-state index contributed by atoms with van der Waals surface area (Å²) in [6.45, 7) is 4.01. The fraction of sp³-hybridized carbons (Fsp3) is 0.368. The van der Waals surface area contributed by atoms with E-state index in [1.54, 1.807) is 0 Å². The Morgan fingerprint density at radius 2 is 1.77 bits per heavy atom. The first kappa shape index (κ1) is 14.1. The van der Waals surface area contributed by atoms with Gasteiger partial charge in [0.25, 0.3) is 0 Å². The molecule has 22 heavy (non-hydrogen) atoms. The van der Waals surface area contributed by atoms with Crippen LogP contribution in [0.3, 0.4) is 0 Å². The molecule has 0 aromatic heterocycles. The van der Waals surface area contributed by atoms with Gasteiger partial charge in [0.1, 0.15) is 5.75 Å². The van der Waals surface area contributed by atoms with E-state index in [4.69, 9.17) is 11.6 Å². The van der Waals surface area contributed by atoms with Crippen LogP contribution in [0.1, 0.15) is 36.0 Å². The van der Waals surface area contributed by atoms with Gasteiger partial charge in [-0.25, -0.2) is 0 Å². The maximum absolute atomic E-state index is 10.0. The number of aromatic hydroxyl groups is 1. The third-order valence-electron chi connectivity index (χ3n) is 5.06. The van der Waals surface area contributed by atoms with Crippen molar-refractivity contribution in [3.05, 3.63) is 52.0 Å². The number of benzene rings is 2. The van der Waals surface area contributed by atoms with Gasteiger partial charge >= 0.3 is 0 Å². The van der Waals surface area contributed by atoms with Crippen molar-refractivity contribution in [3.63, 3.8) is 0 Å². The van der Waals surface area contributed by atoms with E-state index in [-0.39, 0.29) is 5.75 Å². The van der Waals surface area contributed by atoms with Gasteiger partial charge in [0.15, 0.2) is 0 Å². The average Bonchev–Trinajstić information content (AvgIpc) is 2.54. The van der Waals surface area contributed by atoms with Crippen LogP contribution in [0.15, 0.2) is 30.3 Å². The summed E-state index contributed by atoms with van der Waals surface area (Å²) < 4.78 is 0. The summed E-state index contributed by atoms with van der Waals surface area (Å²) in [6.07, 6.45) is 3.91. The Hall–Kier alpha value is -1.51. The Kier molecular flexibility index (Phi) is 3.39. The van der Waals surface area contributed by atoms with E-state index in [0.717, 1.165) is 13.1 Å². The van der Waals surface area contributed by atoms with Crippen LogP contribution in [0.25, 0.3) is 11.1 Å². The molecule has 114 valence electrons. The maximum Gasteiger partial charge on any atom is 0.134 e. The van der Waals surface area contributed by atoms with Crippen molar-refractivity contribution >= 4 is 11.6 Å². The highest BCUT2D eigenvalue weighted by Crippen LogP contribution is 2.40. The highest BCUT2D eigenvalue weighted by molar-refractivity contribution is 6.32. The van der Waals surface area contributed by atoms with E-state index < -0.39 is 0 Å². The van der Waals surface area contributed by atoms with Gasteiger partial charge in [0.2, 0.25) is 0 Å². The van der Waals surface area contributed by atoms with Gasteiger partial charge in [-0.1, -0.05) is 41.8 Å². The molecule has 1 heterocycles. The standard InChI is InChI=1S/C19H20ClNO/c1-12-5-6-16-13(7-12)10-21(15-3-2-4-15)11-14-8-19(22)18(20)9-17(14)16/h5-9,15,22H,2-4,10-11H2,1H3. The minimum absolute atomic E-state index is 0.185. The van der Waals surface area contributed by atoms with Gasteiger partial charge in [0, 0.05) is 19.1 Å². The molecule has 1 aliphatic carbocycles. The van der Waals surface area contributed by atoms with Crippen LogP contribution in [0.4, 0.5) is 0 Å². The topological polar surface area (TPSA) is 23.5 Å². The van der Waals surface area contributed by atoms with Crippen LogP contribution in [-0.2, 0) is 13.1 Å².